The Morgan fingerprint density at radius 3 is 2.70 bits per heavy atom. The number of fused-ring (bicyclic) bond motifs is 2. The molecule has 0 fully saturated rings. The first-order valence-corrected chi connectivity index (χ1v) is 10.1. The molecule has 0 spiro atoms. The van der Waals surface area contributed by atoms with Crippen LogP contribution >= 0.6 is 15.9 Å². The fourth-order valence-corrected chi connectivity index (χ4v) is 4.06. The highest BCUT2D eigenvalue weighted by molar-refractivity contribution is 9.10. The van der Waals surface area contributed by atoms with Gasteiger partial charge in [-0.3, -0.25) is 0 Å². The van der Waals surface area contributed by atoms with Crippen LogP contribution in [0.25, 0.3) is 0 Å². The first-order valence-electron chi connectivity index (χ1n) is 9.28. The van der Waals surface area contributed by atoms with Crippen molar-refractivity contribution in [1.29, 1.82) is 5.26 Å². The van der Waals surface area contributed by atoms with Gasteiger partial charge in [-0.25, -0.2) is 0 Å². The number of benzene rings is 2. The molecular weight excluding hydrogens is 452 g/mol. The van der Waals surface area contributed by atoms with Crippen LogP contribution in [-0.2, 0) is 0 Å². The topological polar surface area (TPSA) is 96.0 Å². The molecule has 2 aromatic carbocycles. The SMILES string of the molecule is C=CCOc1c(Br)cc([C@H]2C(C#N)=C(N)Oc3cc4c(cc32)OCO4)cc1OCC. The molecule has 0 aromatic heterocycles. The summed E-state index contributed by atoms with van der Waals surface area (Å²) in [5, 5.41) is 9.82. The lowest BCUT2D eigenvalue weighted by Crippen LogP contribution is -2.21. The molecule has 2 aromatic rings. The van der Waals surface area contributed by atoms with E-state index in [9.17, 15) is 5.26 Å². The Hall–Kier alpha value is -3.31. The van der Waals surface area contributed by atoms with Crippen molar-refractivity contribution in [3.63, 3.8) is 0 Å². The lowest BCUT2D eigenvalue weighted by atomic mass is 9.83. The Morgan fingerprint density at radius 1 is 1.23 bits per heavy atom. The largest absolute Gasteiger partial charge is 0.490 e. The summed E-state index contributed by atoms with van der Waals surface area (Å²) < 4.78 is 28.9. The maximum Gasteiger partial charge on any atom is 0.231 e. The van der Waals surface area contributed by atoms with Gasteiger partial charge in [-0.05, 0) is 46.6 Å². The number of nitrogens with two attached hydrogens (primary N) is 1. The molecule has 0 aliphatic carbocycles. The summed E-state index contributed by atoms with van der Waals surface area (Å²) in [4.78, 5) is 0. The van der Waals surface area contributed by atoms with E-state index in [-0.39, 0.29) is 12.7 Å². The van der Waals surface area contributed by atoms with Crippen LogP contribution in [0, 0.1) is 11.3 Å². The van der Waals surface area contributed by atoms with Gasteiger partial charge in [0.1, 0.15) is 24.0 Å². The second-order valence-corrected chi connectivity index (χ2v) is 7.39. The third kappa shape index (κ3) is 3.42. The first-order chi connectivity index (χ1) is 14.6. The Morgan fingerprint density at radius 2 is 2.00 bits per heavy atom. The van der Waals surface area contributed by atoms with Gasteiger partial charge in [0, 0.05) is 11.6 Å². The predicted octanol–water partition coefficient (Wildman–Crippen LogP) is 4.36. The number of nitrogens with zero attached hydrogens (tertiary/aromatic N) is 1. The van der Waals surface area contributed by atoms with E-state index in [1.165, 1.54) is 0 Å². The standard InChI is InChI=1S/C22H19BrN2O5/c1-3-5-27-21-15(23)6-12(7-19(21)26-4-2)20-13-8-17-18(29-11-28-17)9-16(13)30-22(25)14(20)10-24/h3,6-9,20H,1,4-5,11,25H2,2H3/t20-/m1/s1. The zero-order valence-corrected chi connectivity index (χ0v) is 17.8. The molecule has 8 heteroatoms. The summed E-state index contributed by atoms with van der Waals surface area (Å²) in [6.07, 6.45) is 1.66. The van der Waals surface area contributed by atoms with Crippen LogP contribution in [0.4, 0.5) is 0 Å². The van der Waals surface area contributed by atoms with Gasteiger partial charge in [-0.15, -0.1) is 0 Å². The minimum absolute atomic E-state index is 0.0509. The molecule has 4 rings (SSSR count). The number of rotatable bonds is 6. The molecule has 154 valence electrons. The van der Waals surface area contributed by atoms with Gasteiger partial charge in [0.25, 0.3) is 0 Å². The zero-order valence-electron chi connectivity index (χ0n) is 16.2. The maximum atomic E-state index is 9.82. The molecule has 2 aliphatic heterocycles. The Kier molecular flexibility index (Phi) is 5.46. The highest BCUT2D eigenvalue weighted by Gasteiger charge is 2.34. The lowest BCUT2D eigenvalue weighted by molar-refractivity contribution is 0.174. The predicted molar refractivity (Wildman–Crippen MR) is 113 cm³/mol. The van der Waals surface area contributed by atoms with Crippen LogP contribution < -0.4 is 29.4 Å². The van der Waals surface area contributed by atoms with E-state index < -0.39 is 5.92 Å². The van der Waals surface area contributed by atoms with E-state index >= 15 is 0 Å². The van der Waals surface area contributed by atoms with Crippen LogP contribution in [0.1, 0.15) is 24.0 Å². The third-order valence-corrected chi connectivity index (χ3v) is 5.31. The highest BCUT2D eigenvalue weighted by Crippen LogP contribution is 2.49. The van der Waals surface area contributed by atoms with Gasteiger partial charge in [0.05, 0.1) is 17.0 Å². The van der Waals surface area contributed by atoms with Gasteiger partial charge in [-0.2, -0.15) is 5.26 Å². The Bertz CT molecular complexity index is 1090. The van der Waals surface area contributed by atoms with Crippen molar-refractivity contribution in [2.75, 3.05) is 20.0 Å². The molecular formula is C22H19BrN2O5. The molecule has 0 unspecified atom stereocenters. The van der Waals surface area contributed by atoms with E-state index in [0.717, 1.165) is 11.1 Å². The molecule has 1 atom stereocenters. The van der Waals surface area contributed by atoms with E-state index in [1.807, 2.05) is 25.1 Å². The number of ether oxygens (including phenoxy) is 5. The smallest absolute Gasteiger partial charge is 0.231 e. The summed E-state index contributed by atoms with van der Waals surface area (Å²) in [5.41, 5.74) is 7.93. The average Bonchev–Trinajstić information content (AvgIpc) is 3.18. The zero-order chi connectivity index (χ0) is 21.3. The van der Waals surface area contributed by atoms with Crippen molar-refractivity contribution >= 4 is 15.9 Å². The van der Waals surface area contributed by atoms with Crippen molar-refractivity contribution in [2.45, 2.75) is 12.8 Å². The Labute approximate surface area is 182 Å². The summed E-state index contributed by atoms with van der Waals surface area (Å²) in [5.74, 6) is 2.37. The molecule has 0 saturated heterocycles. The molecule has 0 saturated carbocycles. The quantitative estimate of drug-likeness (QED) is 0.626. The van der Waals surface area contributed by atoms with E-state index in [4.69, 9.17) is 29.4 Å². The second kappa shape index (κ2) is 8.20. The number of halogens is 1. The lowest BCUT2D eigenvalue weighted by Gasteiger charge is -2.27. The van der Waals surface area contributed by atoms with Crippen molar-refractivity contribution < 1.29 is 23.7 Å². The van der Waals surface area contributed by atoms with Gasteiger partial charge < -0.3 is 29.4 Å². The summed E-state index contributed by atoms with van der Waals surface area (Å²) in [6.45, 7) is 6.48. The van der Waals surface area contributed by atoms with E-state index in [0.29, 0.717) is 52.0 Å². The maximum absolute atomic E-state index is 9.82. The average molecular weight is 471 g/mol. The fourth-order valence-electron chi connectivity index (χ4n) is 3.49. The summed E-state index contributed by atoms with van der Waals surface area (Å²) in [6, 6.07) is 9.47. The molecule has 30 heavy (non-hydrogen) atoms. The van der Waals surface area contributed by atoms with Crippen LogP contribution in [0.3, 0.4) is 0 Å². The highest BCUT2D eigenvalue weighted by atomic mass is 79.9. The Balaban J connectivity index is 1.88. The normalized spacial score (nSPS) is 16.4. The molecule has 0 radical (unpaired) electrons. The molecule has 2 N–H and O–H groups in total. The van der Waals surface area contributed by atoms with Crippen LogP contribution in [0.15, 0.2) is 52.8 Å². The minimum Gasteiger partial charge on any atom is -0.490 e. The van der Waals surface area contributed by atoms with Crippen LogP contribution in [0.2, 0.25) is 0 Å². The summed E-state index contributed by atoms with van der Waals surface area (Å²) >= 11 is 3.57. The monoisotopic (exact) mass is 470 g/mol. The number of allylic oxidation sites excluding steroid dienone is 1. The molecule has 2 heterocycles. The van der Waals surface area contributed by atoms with E-state index in [2.05, 4.69) is 28.6 Å². The van der Waals surface area contributed by atoms with Crippen molar-refractivity contribution in [2.24, 2.45) is 5.73 Å². The summed E-state index contributed by atoms with van der Waals surface area (Å²) in [7, 11) is 0. The molecule has 0 bridgehead atoms. The van der Waals surface area contributed by atoms with Gasteiger partial charge in [-0.1, -0.05) is 12.7 Å². The van der Waals surface area contributed by atoms with Crippen LogP contribution in [0.5, 0.6) is 28.7 Å². The van der Waals surface area contributed by atoms with E-state index in [1.54, 1.807) is 12.1 Å². The fraction of sp³-hybridized carbons (Fsp3) is 0.227. The third-order valence-electron chi connectivity index (χ3n) is 4.72. The second-order valence-electron chi connectivity index (χ2n) is 6.53. The van der Waals surface area contributed by atoms with Crippen molar-refractivity contribution in [3.05, 3.63) is 64.0 Å². The first kappa shape index (κ1) is 20.0. The van der Waals surface area contributed by atoms with Gasteiger partial charge >= 0.3 is 0 Å². The van der Waals surface area contributed by atoms with Gasteiger partial charge in [0.15, 0.2) is 23.0 Å². The van der Waals surface area contributed by atoms with Crippen molar-refractivity contribution in [1.82, 2.24) is 0 Å². The number of hydrogen-bond donors (Lipinski definition) is 1. The number of hydrogen-bond acceptors (Lipinski definition) is 7. The molecule has 2 aliphatic rings. The molecule has 7 nitrogen and oxygen atoms in total. The van der Waals surface area contributed by atoms with Crippen molar-refractivity contribution in [3.8, 4) is 34.8 Å². The van der Waals surface area contributed by atoms with Crippen LogP contribution in [-0.4, -0.2) is 20.0 Å². The van der Waals surface area contributed by atoms with Gasteiger partial charge in [0.2, 0.25) is 12.7 Å². The number of nitriles is 1. The minimum atomic E-state index is -0.475. The molecule has 0 amide bonds.